The number of hydrogen-bond acceptors (Lipinski definition) is 5. The van der Waals surface area contributed by atoms with Crippen molar-refractivity contribution >= 4 is 39.2 Å². The van der Waals surface area contributed by atoms with Gasteiger partial charge in [0.15, 0.2) is 0 Å². The molecule has 5 nitrogen and oxygen atoms in total. The summed E-state index contributed by atoms with van der Waals surface area (Å²) in [6.07, 6.45) is 2.02. The molecule has 3 aromatic rings. The summed E-state index contributed by atoms with van der Waals surface area (Å²) in [6, 6.07) is 8.32. The molecule has 7 heteroatoms. The van der Waals surface area contributed by atoms with Gasteiger partial charge in [-0.2, -0.15) is 0 Å². The maximum Gasteiger partial charge on any atom is 0.260 e. The number of carbonyl (C=O) groups is 1. The van der Waals surface area contributed by atoms with Gasteiger partial charge < -0.3 is 10.3 Å². The van der Waals surface area contributed by atoms with Crippen molar-refractivity contribution in [2.75, 3.05) is 5.75 Å². The van der Waals surface area contributed by atoms with Gasteiger partial charge in [0.1, 0.15) is 10.7 Å². The number of aryl methyl sites for hydroxylation is 1. The SMILES string of the molecule is CCC[C@@H](C)NC(=O)CSCc1nc2scc(-c3ccc(C)cc3)c2c(=O)[nH]1. The van der Waals surface area contributed by atoms with Gasteiger partial charge in [0.05, 0.1) is 16.9 Å². The van der Waals surface area contributed by atoms with E-state index in [1.807, 2.05) is 43.5 Å². The van der Waals surface area contributed by atoms with E-state index in [1.54, 1.807) is 0 Å². The maximum atomic E-state index is 12.7. The van der Waals surface area contributed by atoms with Gasteiger partial charge in [-0.05, 0) is 25.8 Å². The first kappa shape index (κ1) is 20.6. The van der Waals surface area contributed by atoms with Crippen LogP contribution in [0.1, 0.15) is 38.1 Å². The van der Waals surface area contributed by atoms with E-state index in [4.69, 9.17) is 0 Å². The van der Waals surface area contributed by atoms with Crippen molar-refractivity contribution in [2.45, 2.75) is 45.4 Å². The van der Waals surface area contributed by atoms with Crippen molar-refractivity contribution in [2.24, 2.45) is 0 Å². The van der Waals surface area contributed by atoms with Crippen LogP contribution in [0, 0.1) is 6.92 Å². The Morgan fingerprint density at radius 2 is 2.07 bits per heavy atom. The minimum Gasteiger partial charge on any atom is -0.353 e. The van der Waals surface area contributed by atoms with Crippen LogP contribution in [0.5, 0.6) is 0 Å². The molecule has 2 aromatic heterocycles. The normalized spacial score (nSPS) is 12.2. The zero-order valence-electron chi connectivity index (χ0n) is 16.4. The Bertz CT molecular complexity index is 1010. The monoisotopic (exact) mass is 415 g/mol. The van der Waals surface area contributed by atoms with Gasteiger partial charge in [0, 0.05) is 17.0 Å². The molecule has 0 saturated carbocycles. The molecule has 0 aliphatic carbocycles. The highest BCUT2D eigenvalue weighted by molar-refractivity contribution is 7.99. The van der Waals surface area contributed by atoms with Gasteiger partial charge in [-0.25, -0.2) is 4.98 Å². The number of amides is 1. The van der Waals surface area contributed by atoms with Crippen LogP contribution in [0.4, 0.5) is 0 Å². The Morgan fingerprint density at radius 3 is 2.79 bits per heavy atom. The number of benzene rings is 1. The number of carbonyl (C=O) groups excluding carboxylic acids is 1. The zero-order valence-corrected chi connectivity index (χ0v) is 18.0. The van der Waals surface area contributed by atoms with Crippen molar-refractivity contribution in [3.05, 3.63) is 51.4 Å². The second-order valence-corrected chi connectivity index (χ2v) is 8.80. The van der Waals surface area contributed by atoms with Crippen LogP contribution in [0.15, 0.2) is 34.4 Å². The predicted molar refractivity (Wildman–Crippen MR) is 119 cm³/mol. The molecule has 148 valence electrons. The van der Waals surface area contributed by atoms with E-state index < -0.39 is 0 Å². The minimum absolute atomic E-state index is 0.0205. The van der Waals surface area contributed by atoms with E-state index in [1.165, 1.54) is 28.7 Å². The second-order valence-electron chi connectivity index (χ2n) is 6.96. The second kappa shape index (κ2) is 9.39. The van der Waals surface area contributed by atoms with E-state index in [2.05, 4.69) is 22.2 Å². The van der Waals surface area contributed by atoms with Gasteiger partial charge in [-0.1, -0.05) is 43.2 Å². The third-order valence-corrected chi connectivity index (χ3v) is 6.27. The fraction of sp³-hybridized carbons (Fsp3) is 0.381. The van der Waals surface area contributed by atoms with Gasteiger partial charge >= 0.3 is 0 Å². The number of thioether (sulfide) groups is 1. The standard InChI is InChI=1S/C21H25N3O2S2/c1-4-5-14(3)22-18(25)12-27-11-17-23-20(26)19-16(10-28-21(19)24-17)15-8-6-13(2)7-9-15/h6-10,14H,4-5,11-12H2,1-3H3,(H,22,25)(H,23,24,26)/t14-/m1/s1. The lowest BCUT2D eigenvalue weighted by Crippen LogP contribution is -2.33. The highest BCUT2D eigenvalue weighted by atomic mass is 32.2. The van der Waals surface area contributed by atoms with E-state index in [0.717, 1.165) is 28.8 Å². The molecule has 0 radical (unpaired) electrons. The van der Waals surface area contributed by atoms with E-state index in [0.29, 0.717) is 22.7 Å². The van der Waals surface area contributed by atoms with Crippen molar-refractivity contribution in [1.82, 2.24) is 15.3 Å². The molecular weight excluding hydrogens is 390 g/mol. The highest BCUT2D eigenvalue weighted by Crippen LogP contribution is 2.31. The third-order valence-electron chi connectivity index (χ3n) is 4.46. The number of rotatable bonds is 8. The van der Waals surface area contributed by atoms with Crippen LogP contribution >= 0.6 is 23.1 Å². The lowest BCUT2D eigenvalue weighted by atomic mass is 10.1. The van der Waals surface area contributed by atoms with Crippen molar-refractivity contribution < 1.29 is 4.79 Å². The van der Waals surface area contributed by atoms with Crippen LogP contribution < -0.4 is 10.9 Å². The molecule has 0 aliphatic rings. The van der Waals surface area contributed by atoms with Gasteiger partial charge in [0.25, 0.3) is 5.56 Å². The summed E-state index contributed by atoms with van der Waals surface area (Å²) in [6.45, 7) is 6.16. The van der Waals surface area contributed by atoms with Crippen molar-refractivity contribution in [1.29, 1.82) is 0 Å². The average molecular weight is 416 g/mol. The lowest BCUT2D eigenvalue weighted by Gasteiger charge is -2.12. The highest BCUT2D eigenvalue weighted by Gasteiger charge is 2.13. The Hall–Kier alpha value is -2.12. The number of hydrogen-bond donors (Lipinski definition) is 2. The minimum atomic E-state index is -0.126. The van der Waals surface area contributed by atoms with Crippen molar-refractivity contribution in [3.8, 4) is 11.1 Å². The van der Waals surface area contributed by atoms with Gasteiger partial charge in [-0.15, -0.1) is 23.1 Å². The fourth-order valence-electron chi connectivity index (χ4n) is 3.07. The molecule has 0 bridgehead atoms. The molecule has 1 amide bonds. The summed E-state index contributed by atoms with van der Waals surface area (Å²) in [5.41, 5.74) is 2.99. The van der Waals surface area contributed by atoms with Crippen LogP contribution in [-0.4, -0.2) is 27.7 Å². The van der Waals surface area contributed by atoms with E-state index >= 15 is 0 Å². The number of nitrogens with zero attached hydrogens (tertiary/aromatic N) is 1. The molecule has 0 spiro atoms. The first-order valence-corrected chi connectivity index (χ1v) is 11.5. The Balaban J connectivity index is 1.69. The number of thiophene rings is 1. The first-order chi connectivity index (χ1) is 13.5. The summed E-state index contributed by atoms with van der Waals surface area (Å²) < 4.78 is 0. The molecule has 3 rings (SSSR count). The van der Waals surface area contributed by atoms with Crippen LogP contribution in [-0.2, 0) is 10.5 Å². The Morgan fingerprint density at radius 1 is 1.32 bits per heavy atom. The molecular formula is C21H25N3O2S2. The number of nitrogens with one attached hydrogen (secondary N) is 2. The molecule has 0 saturated heterocycles. The van der Waals surface area contributed by atoms with Crippen LogP contribution in [0.3, 0.4) is 0 Å². The topological polar surface area (TPSA) is 74.8 Å². The van der Waals surface area contributed by atoms with E-state index in [9.17, 15) is 9.59 Å². The molecule has 0 aliphatic heterocycles. The Kier molecular flexibility index (Phi) is 6.91. The Labute approximate surface area is 173 Å². The summed E-state index contributed by atoms with van der Waals surface area (Å²) in [7, 11) is 0. The quantitative estimate of drug-likeness (QED) is 0.568. The summed E-state index contributed by atoms with van der Waals surface area (Å²) >= 11 is 2.93. The number of aromatic nitrogens is 2. The third kappa shape index (κ3) is 5.02. The maximum absolute atomic E-state index is 12.7. The molecule has 0 unspecified atom stereocenters. The smallest absolute Gasteiger partial charge is 0.260 e. The van der Waals surface area contributed by atoms with Crippen molar-refractivity contribution in [3.63, 3.8) is 0 Å². The zero-order chi connectivity index (χ0) is 20.1. The number of fused-ring (bicyclic) bond motifs is 1. The van der Waals surface area contributed by atoms with E-state index in [-0.39, 0.29) is 17.5 Å². The molecule has 0 fully saturated rings. The molecule has 1 aromatic carbocycles. The lowest BCUT2D eigenvalue weighted by molar-refractivity contribution is -0.119. The molecule has 28 heavy (non-hydrogen) atoms. The molecule has 1 atom stereocenters. The van der Waals surface area contributed by atoms with Gasteiger partial charge in [-0.3, -0.25) is 9.59 Å². The summed E-state index contributed by atoms with van der Waals surface area (Å²) in [4.78, 5) is 32.8. The summed E-state index contributed by atoms with van der Waals surface area (Å²) in [5, 5.41) is 5.60. The molecule has 2 heterocycles. The summed E-state index contributed by atoms with van der Waals surface area (Å²) in [5.74, 6) is 1.48. The van der Waals surface area contributed by atoms with Crippen LogP contribution in [0.25, 0.3) is 21.3 Å². The fourth-order valence-corrected chi connectivity index (χ4v) is 4.74. The van der Waals surface area contributed by atoms with Crippen LogP contribution in [0.2, 0.25) is 0 Å². The number of aromatic amines is 1. The molecule has 2 N–H and O–H groups in total. The predicted octanol–water partition coefficient (Wildman–Crippen LogP) is 4.50. The van der Waals surface area contributed by atoms with Gasteiger partial charge in [0.2, 0.25) is 5.91 Å². The largest absolute Gasteiger partial charge is 0.353 e. The number of H-pyrrole nitrogens is 1. The average Bonchev–Trinajstić information content (AvgIpc) is 3.07. The first-order valence-electron chi connectivity index (χ1n) is 9.42.